The first-order valence-electron chi connectivity index (χ1n) is 5.59. The minimum atomic E-state index is -0.442. The highest BCUT2D eigenvalue weighted by atomic mass is 16.5. The fourth-order valence-electron chi connectivity index (χ4n) is 1.42. The van der Waals surface area contributed by atoms with E-state index in [-0.39, 0.29) is 11.8 Å². The molecule has 1 N–H and O–H groups in total. The zero-order chi connectivity index (χ0) is 12.7. The van der Waals surface area contributed by atoms with Crippen LogP contribution in [0, 0.1) is 0 Å². The fourth-order valence-corrected chi connectivity index (χ4v) is 1.42. The molecule has 94 valence electrons. The lowest BCUT2D eigenvalue weighted by molar-refractivity contribution is -0.136. The summed E-state index contributed by atoms with van der Waals surface area (Å²) in [6.07, 6.45) is 3.43. The average molecular weight is 240 g/mol. The number of carbonyl (C=O) groups excluding carboxylic acids is 3. The van der Waals surface area contributed by atoms with E-state index in [1.54, 1.807) is 6.92 Å². The van der Waals surface area contributed by atoms with Crippen LogP contribution in [0.5, 0.6) is 0 Å². The molecule has 1 aliphatic heterocycles. The average Bonchev–Trinajstić information content (AvgIpc) is 2.60. The Morgan fingerprint density at radius 1 is 1.29 bits per heavy atom. The normalized spacial score (nSPS) is 14.3. The van der Waals surface area contributed by atoms with Crippen molar-refractivity contribution in [2.45, 2.75) is 19.8 Å². The lowest BCUT2D eigenvalue weighted by Gasteiger charge is -2.13. The van der Waals surface area contributed by atoms with Gasteiger partial charge < -0.3 is 10.1 Å². The van der Waals surface area contributed by atoms with Gasteiger partial charge in [-0.15, -0.1) is 0 Å². The predicted molar refractivity (Wildman–Crippen MR) is 60.1 cm³/mol. The molecule has 0 atom stereocenters. The van der Waals surface area contributed by atoms with E-state index >= 15 is 0 Å². The van der Waals surface area contributed by atoms with Crippen molar-refractivity contribution in [1.29, 1.82) is 0 Å². The summed E-state index contributed by atoms with van der Waals surface area (Å²) < 4.78 is 4.68. The molecule has 0 saturated carbocycles. The van der Waals surface area contributed by atoms with Crippen LogP contribution in [-0.2, 0) is 14.3 Å². The Morgan fingerprint density at radius 3 is 2.53 bits per heavy atom. The van der Waals surface area contributed by atoms with Crippen LogP contribution in [-0.4, -0.2) is 42.5 Å². The van der Waals surface area contributed by atoms with Crippen molar-refractivity contribution in [3.05, 3.63) is 12.2 Å². The lowest BCUT2D eigenvalue weighted by Crippen LogP contribution is -2.31. The molecule has 1 rings (SSSR count). The van der Waals surface area contributed by atoms with E-state index in [4.69, 9.17) is 0 Å². The second kappa shape index (κ2) is 6.67. The SMILES string of the molecule is CCOC(=O)NCCCCN1C(=O)C=CC1=O. The van der Waals surface area contributed by atoms with Gasteiger partial charge in [-0.3, -0.25) is 14.5 Å². The molecule has 0 aromatic carbocycles. The Kier molecular flexibility index (Phi) is 5.19. The maximum absolute atomic E-state index is 11.2. The number of nitrogens with one attached hydrogen (secondary N) is 1. The number of hydrogen-bond acceptors (Lipinski definition) is 4. The zero-order valence-corrected chi connectivity index (χ0v) is 9.77. The van der Waals surface area contributed by atoms with Crippen molar-refractivity contribution in [2.24, 2.45) is 0 Å². The lowest BCUT2D eigenvalue weighted by atomic mass is 10.3. The maximum Gasteiger partial charge on any atom is 0.407 e. The molecule has 0 radical (unpaired) electrons. The summed E-state index contributed by atoms with van der Waals surface area (Å²) in [6, 6.07) is 0. The summed E-state index contributed by atoms with van der Waals surface area (Å²) in [4.78, 5) is 34.4. The minimum absolute atomic E-state index is 0.270. The summed E-state index contributed by atoms with van der Waals surface area (Å²) in [5.41, 5.74) is 0. The molecule has 1 aliphatic rings. The molecule has 17 heavy (non-hydrogen) atoms. The van der Waals surface area contributed by atoms with Crippen molar-refractivity contribution in [3.63, 3.8) is 0 Å². The van der Waals surface area contributed by atoms with Crippen LogP contribution < -0.4 is 5.32 Å². The minimum Gasteiger partial charge on any atom is -0.450 e. The number of hydrogen-bond donors (Lipinski definition) is 1. The number of alkyl carbamates (subject to hydrolysis) is 1. The van der Waals surface area contributed by atoms with E-state index in [2.05, 4.69) is 10.1 Å². The van der Waals surface area contributed by atoms with Gasteiger partial charge in [0.2, 0.25) is 0 Å². The Morgan fingerprint density at radius 2 is 1.94 bits per heavy atom. The summed E-state index contributed by atoms with van der Waals surface area (Å²) in [6.45, 7) is 2.93. The van der Waals surface area contributed by atoms with E-state index in [0.29, 0.717) is 32.5 Å². The van der Waals surface area contributed by atoms with Crippen LogP contribution in [0.1, 0.15) is 19.8 Å². The van der Waals surface area contributed by atoms with E-state index < -0.39 is 6.09 Å². The molecule has 6 heteroatoms. The molecule has 0 aromatic heterocycles. The number of ether oxygens (including phenoxy) is 1. The van der Waals surface area contributed by atoms with Crippen molar-refractivity contribution in [1.82, 2.24) is 10.2 Å². The van der Waals surface area contributed by atoms with Crippen LogP contribution in [0.2, 0.25) is 0 Å². The largest absolute Gasteiger partial charge is 0.450 e. The quantitative estimate of drug-likeness (QED) is 0.540. The summed E-state index contributed by atoms with van der Waals surface area (Å²) in [5, 5.41) is 2.57. The second-order valence-electron chi connectivity index (χ2n) is 3.52. The van der Waals surface area contributed by atoms with Gasteiger partial charge in [-0.05, 0) is 19.8 Å². The van der Waals surface area contributed by atoms with Crippen molar-refractivity contribution in [3.8, 4) is 0 Å². The van der Waals surface area contributed by atoms with Gasteiger partial charge in [-0.1, -0.05) is 0 Å². The van der Waals surface area contributed by atoms with Gasteiger partial charge >= 0.3 is 6.09 Å². The Balaban J connectivity index is 2.07. The van der Waals surface area contributed by atoms with Crippen LogP contribution in [0.4, 0.5) is 4.79 Å². The van der Waals surface area contributed by atoms with Crippen LogP contribution >= 0.6 is 0 Å². The van der Waals surface area contributed by atoms with E-state index in [9.17, 15) is 14.4 Å². The van der Waals surface area contributed by atoms with E-state index in [1.807, 2.05) is 0 Å². The summed E-state index contributed by atoms with van der Waals surface area (Å²) in [5.74, 6) is -0.540. The molecule has 0 unspecified atom stereocenters. The number of amides is 3. The first-order valence-corrected chi connectivity index (χ1v) is 5.59. The Hall–Kier alpha value is -1.85. The van der Waals surface area contributed by atoms with Gasteiger partial charge in [0, 0.05) is 25.2 Å². The molecule has 1 heterocycles. The second-order valence-corrected chi connectivity index (χ2v) is 3.52. The van der Waals surface area contributed by atoms with Crippen molar-refractivity contribution >= 4 is 17.9 Å². The first-order chi connectivity index (χ1) is 8.15. The van der Waals surface area contributed by atoms with Crippen LogP contribution in [0.15, 0.2) is 12.2 Å². The molecule has 0 saturated heterocycles. The smallest absolute Gasteiger partial charge is 0.407 e. The molecule has 0 aliphatic carbocycles. The van der Waals surface area contributed by atoms with Crippen LogP contribution in [0.25, 0.3) is 0 Å². The molecular formula is C11H16N2O4. The summed E-state index contributed by atoms with van der Waals surface area (Å²) in [7, 11) is 0. The number of rotatable bonds is 6. The zero-order valence-electron chi connectivity index (χ0n) is 9.77. The molecule has 0 bridgehead atoms. The van der Waals surface area contributed by atoms with Crippen LogP contribution in [0.3, 0.4) is 0 Å². The molecule has 0 fully saturated rings. The molecule has 3 amide bonds. The third-order valence-electron chi connectivity index (χ3n) is 2.25. The van der Waals surface area contributed by atoms with Gasteiger partial charge in [-0.25, -0.2) is 4.79 Å². The molecular weight excluding hydrogens is 224 g/mol. The number of carbonyl (C=O) groups is 3. The Labute approximate surface area is 99.6 Å². The van der Waals surface area contributed by atoms with E-state index in [0.717, 1.165) is 0 Å². The topological polar surface area (TPSA) is 75.7 Å². The first kappa shape index (κ1) is 13.2. The van der Waals surface area contributed by atoms with Gasteiger partial charge in [0.05, 0.1) is 6.61 Å². The molecule has 0 spiro atoms. The highest BCUT2D eigenvalue weighted by Gasteiger charge is 2.22. The standard InChI is InChI=1S/C11H16N2O4/c1-2-17-11(16)12-7-3-4-8-13-9(14)5-6-10(13)15/h5-6H,2-4,7-8H2,1H3,(H,12,16). The monoisotopic (exact) mass is 240 g/mol. The van der Waals surface area contributed by atoms with Gasteiger partial charge in [-0.2, -0.15) is 0 Å². The molecule has 0 aromatic rings. The number of imide groups is 1. The third-order valence-corrected chi connectivity index (χ3v) is 2.25. The number of nitrogens with zero attached hydrogens (tertiary/aromatic N) is 1. The molecule has 6 nitrogen and oxygen atoms in total. The number of unbranched alkanes of at least 4 members (excludes halogenated alkanes) is 1. The maximum atomic E-state index is 11.2. The Bertz CT molecular complexity index is 320. The highest BCUT2D eigenvalue weighted by Crippen LogP contribution is 2.04. The third kappa shape index (κ3) is 4.26. The summed E-state index contributed by atoms with van der Waals surface area (Å²) >= 11 is 0. The van der Waals surface area contributed by atoms with Gasteiger partial charge in [0.15, 0.2) is 0 Å². The van der Waals surface area contributed by atoms with Gasteiger partial charge in [0.1, 0.15) is 0 Å². The van der Waals surface area contributed by atoms with Crippen molar-refractivity contribution < 1.29 is 19.1 Å². The van der Waals surface area contributed by atoms with Crippen molar-refractivity contribution in [2.75, 3.05) is 19.7 Å². The highest BCUT2D eigenvalue weighted by molar-refractivity contribution is 6.12. The fraction of sp³-hybridized carbons (Fsp3) is 0.545. The van der Waals surface area contributed by atoms with Gasteiger partial charge in [0.25, 0.3) is 11.8 Å². The predicted octanol–water partition coefficient (Wildman–Crippen LogP) is 0.438. The van der Waals surface area contributed by atoms with E-state index in [1.165, 1.54) is 17.1 Å².